The summed E-state index contributed by atoms with van der Waals surface area (Å²) >= 11 is 15.3. The molecule has 0 saturated heterocycles. The lowest BCUT2D eigenvalue weighted by Crippen LogP contribution is -2.23. The summed E-state index contributed by atoms with van der Waals surface area (Å²) in [5, 5.41) is 1.23. The molecule has 0 fully saturated rings. The first-order valence-corrected chi connectivity index (χ1v) is 6.42. The molecule has 4 heteroatoms. The summed E-state index contributed by atoms with van der Waals surface area (Å²) < 4.78 is 0. The van der Waals surface area contributed by atoms with Gasteiger partial charge in [0.15, 0.2) is 0 Å². The van der Waals surface area contributed by atoms with Crippen LogP contribution < -0.4 is 0 Å². The lowest BCUT2D eigenvalue weighted by atomic mass is 10.2. The minimum Gasteiger partial charge on any atom is -0.301 e. The Kier molecular flexibility index (Phi) is 5.41. The zero-order chi connectivity index (χ0) is 11.4. The lowest BCUT2D eigenvalue weighted by Gasteiger charge is -2.18. The Balaban J connectivity index is 2.60. The molecule has 0 aliphatic heterocycles. The number of rotatable bonds is 4. The van der Waals surface area contributed by atoms with Crippen molar-refractivity contribution in [1.29, 1.82) is 0 Å². The van der Waals surface area contributed by atoms with E-state index in [9.17, 15) is 0 Å². The van der Waals surface area contributed by atoms with Crippen molar-refractivity contribution in [2.45, 2.75) is 18.3 Å². The highest BCUT2D eigenvalue weighted by atomic mass is 79.9. The zero-order valence-corrected chi connectivity index (χ0v) is 11.9. The summed E-state index contributed by atoms with van der Waals surface area (Å²) in [5.41, 5.74) is 1.18. The molecule has 15 heavy (non-hydrogen) atoms. The van der Waals surface area contributed by atoms with Crippen molar-refractivity contribution in [3.8, 4) is 0 Å². The first-order valence-electron chi connectivity index (χ1n) is 4.75. The second-order valence-electron chi connectivity index (χ2n) is 3.73. The fourth-order valence-electron chi connectivity index (χ4n) is 1.44. The highest BCUT2D eigenvalue weighted by Gasteiger charge is 2.05. The molecule has 0 bridgehead atoms. The van der Waals surface area contributed by atoms with Gasteiger partial charge in [-0.2, -0.15) is 0 Å². The maximum atomic E-state index is 5.94. The summed E-state index contributed by atoms with van der Waals surface area (Å²) in [6.45, 7) is 4.01. The Morgan fingerprint density at radius 3 is 2.53 bits per heavy atom. The summed E-state index contributed by atoms with van der Waals surface area (Å²) in [6, 6.07) is 5.76. The molecule has 0 aliphatic rings. The van der Waals surface area contributed by atoms with E-state index >= 15 is 0 Å². The van der Waals surface area contributed by atoms with Crippen LogP contribution in [0.4, 0.5) is 0 Å². The van der Waals surface area contributed by atoms with Crippen LogP contribution in [0.1, 0.15) is 12.5 Å². The summed E-state index contributed by atoms with van der Waals surface area (Å²) in [7, 11) is 2.08. The lowest BCUT2D eigenvalue weighted by molar-refractivity contribution is 0.333. The third-order valence-electron chi connectivity index (χ3n) is 2.00. The van der Waals surface area contributed by atoms with Gasteiger partial charge in [0.05, 0.1) is 10.0 Å². The Hall–Kier alpha value is 0.240. The average Bonchev–Trinajstić information content (AvgIpc) is 2.10. The predicted molar refractivity (Wildman–Crippen MR) is 71.2 cm³/mol. The molecule has 0 N–H and O–H groups in total. The van der Waals surface area contributed by atoms with E-state index in [0.29, 0.717) is 14.9 Å². The molecule has 1 aromatic rings. The first-order chi connectivity index (χ1) is 6.99. The van der Waals surface area contributed by atoms with Crippen molar-refractivity contribution in [3.05, 3.63) is 33.8 Å². The predicted octanol–water partition coefficient (Wildman–Crippen LogP) is 4.21. The van der Waals surface area contributed by atoms with Crippen LogP contribution in [0, 0.1) is 0 Å². The number of hydrogen-bond acceptors (Lipinski definition) is 1. The number of nitrogens with zero attached hydrogens (tertiary/aromatic N) is 1. The molecule has 0 aromatic heterocycles. The van der Waals surface area contributed by atoms with E-state index < -0.39 is 0 Å². The van der Waals surface area contributed by atoms with Gasteiger partial charge in [-0.3, -0.25) is 0 Å². The molecule has 1 nitrogen and oxygen atoms in total. The molecule has 1 atom stereocenters. The smallest absolute Gasteiger partial charge is 0.0595 e. The second-order valence-corrected chi connectivity index (χ2v) is 6.10. The van der Waals surface area contributed by atoms with Crippen molar-refractivity contribution >= 4 is 39.1 Å². The van der Waals surface area contributed by atoms with Gasteiger partial charge in [-0.05, 0) is 24.7 Å². The van der Waals surface area contributed by atoms with Gasteiger partial charge in [-0.25, -0.2) is 0 Å². The largest absolute Gasteiger partial charge is 0.301 e. The van der Waals surface area contributed by atoms with Gasteiger partial charge in [0.1, 0.15) is 0 Å². The van der Waals surface area contributed by atoms with Gasteiger partial charge in [-0.1, -0.05) is 52.1 Å². The van der Waals surface area contributed by atoms with Crippen LogP contribution >= 0.6 is 39.1 Å². The summed E-state index contributed by atoms with van der Waals surface area (Å²) in [4.78, 5) is 2.73. The molecule has 0 aliphatic carbocycles. The zero-order valence-electron chi connectivity index (χ0n) is 8.80. The Morgan fingerprint density at radius 1 is 1.33 bits per heavy atom. The number of benzene rings is 1. The molecule has 1 unspecified atom stereocenters. The molecule has 1 rings (SSSR count). The van der Waals surface area contributed by atoms with E-state index in [0.717, 1.165) is 13.1 Å². The number of hydrogen-bond donors (Lipinski definition) is 0. The highest BCUT2D eigenvalue weighted by Crippen LogP contribution is 2.23. The van der Waals surface area contributed by atoms with Gasteiger partial charge in [-0.15, -0.1) is 0 Å². The van der Waals surface area contributed by atoms with Crippen LogP contribution in [0.2, 0.25) is 10.0 Å². The molecular formula is C11H14BrCl2N. The van der Waals surface area contributed by atoms with Crippen LogP contribution in [-0.2, 0) is 6.54 Å². The summed E-state index contributed by atoms with van der Waals surface area (Å²) in [6.07, 6.45) is 0. The third kappa shape index (κ3) is 4.73. The van der Waals surface area contributed by atoms with Crippen LogP contribution in [0.3, 0.4) is 0 Å². The topological polar surface area (TPSA) is 3.24 Å². The second kappa shape index (κ2) is 6.09. The molecule has 0 heterocycles. The molecule has 84 valence electrons. The van der Waals surface area contributed by atoms with Gasteiger partial charge in [0.2, 0.25) is 0 Å². The van der Waals surface area contributed by atoms with Crippen LogP contribution in [-0.4, -0.2) is 23.3 Å². The van der Waals surface area contributed by atoms with Crippen molar-refractivity contribution < 1.29 is 0 Å². The molecule has 0 amide bonds. The fourth-order valence-corrected chi connectivity index (χ4v) is 2.26. The normalized spacial score (nSPS) is 13.2. The molecular weight excluding hydrogens is 297 g/mol. The molecule has 0 radical (unpaired) electrons. The van der Waals surface area contributed by atoms with Crippen molar-refractivity contribution in [2.24, 2.45) is 0 Å². The SMILES string of the molecule is CC(Br)CN(C)Cc1ccc(Cl)c(Cl)c1. The fraction of sp³-hybridized carbons (Fsp3) is 0.455. The van der Waals surface area contributed by atoms with Crippen molar-refractivity contribution in [2.75, 3.05) is 13.6 Å². The van der Waals surface area contributed by atoms with Crippen LogP contribution in [0.5, 0.6) is 0 Å². The third-order valence-corrected chi connectivity index (χ3v) is 3.03. The standard InChI is InChI=1S/C11H14BrCl2N/c1-8(12)6-15(2)7-9-3-4-10(13)11(14)5-9/h3-5,8H,6-7H2,1-2H3. The quantitative estimate of drug-likeness (QED) is 0.753. The maximum Gasteiger partial charge on any atom is 0.0595 e. The number of halogens is 3. The highest BCUT2D eigenvalue weighted by molar-refractivity contribution is 9.09. The van der Waals surface area contributed by atoms with E-state index in [1.54, 1.807) is 0 Å². The first kappa shape index (κ1) is 13.3. The van der Waals surface area contributed by atoms with Gasteiger partial charge in [0, 0.05) is 17.9 Å². The monoisotopic (exact) mass is 309 g/mol. The van der Waals surface area contributed by atoms with Gasteiger partial charge in [0.25, 0.3) is 0 Å². The average molecular weight is 311 g/mol. The Morgan fingerprint density at radius 2 is 2.00 bits per heavy atom. The Bertz CT molecular complexity index is 328. The van der Waals surface area contributed by atoms with E-state index in [1.165, 1.54) is 5.56 Å². The van der Waals surface area contributed by atoms with Crippen molar-refractivity contribution in [3.63, 3.8) is 0 Å². The van der Waals surface area contributed by atoms with Crippen LogP contribution in [0.25, 0.3) is 0 Å². The number of alkyl halides is 1. The van der Waals surface area contributed by atoms with E-state index in [-0.39, 0.29) is 0 Å². The van der Waals surface area contributed by atoms with Crippen LogP contribution in [0.15, 0.2) is 18.2 Å². The van der Waals surface area contributed by atoms with Gasteiger partial charge < -0.3 is 4.90 Å². The summed E-state index contributed by atoms with van der Waals surface area (Å²) in [5.74, 6) is 0. The minimum atomic E-state index is 0.491. The van der Waals surface area contributed by atoms with E-state index in [2.05, 4.69) is 34.8 Å². The molecule has 0 saturated carbocycles. The van der Waals surface area contributed by atoms with Gasteiger partial charge >= 0.3 is 0 Å². The maximum absolute atomic E-state index is 5.94. The minimum absolute atomic E-state index is 0.491. The van der Waals surface area contributed by atoms with Crippen molar-refractivity contribution in [1.82, 2.24) is 4.90 Å². The van der Waals surface area contributed by atoms with E-state index in [1.807, 2.05) is 18.2 Å². The Labute approximate surface area is 109 Å². The molecule has 1 aromatic carbocycles. The van der Waals surface area contributed by atoms with E-state index in [4.69, 9.17) is 23.2 Å². The molecule has 0 spiro atoms.